The van der Waals surface area contributed by atoms with Crippen LogP contribution in [0.15, 0.2) is 30.3 Å². The molecule has 1 aliphatic heterocycles. The van der Waals surface area contributed by atoms with Gasteiger partial charge in [0.05, 0.1) is 17.8 Å². The third-order valence-electron chi connectivity index (χ3n) is 3.87. The Bertz CT molecular complexity index is 699. The summed E-state index contributed by atoms with van der Waals surface area (Å²) >= 11 is 0. The maximum Gasteiger partial charge on any atom is 0.276 e. The van der Waals surface area contributed by atoms with Crippen LogP contribution in [0.1, 0.15) is 30.0 Å². The minimum Gasteiger partial charge on any atom is -0.491 e. The molecule has 1 aliphatic rings. The molecule has 128 valence electrons. The van der Waals surface area contributed by atoms with Crippen molar-refractivity contribution < 1.29 is 14.3 Å². The van der Waals surface area contributed by atoms with Gasteiger partial charge in [-0.1, -0.05) is 18.2 Å². The topological polar surface area (TPSA) is 80.3 Å². The highest BCUT2D eigenvalue weighted by atomic mass is 16.5. The van der Waals surface area contributed by atoms with Gasteiger partial charge < -0.3 is 14.4 Å². The van der Waals surface area contributed by atoms with Gasteiger partial charge in [0.1, 0.15) is 18.5 Å². The molecule has 7 nitrogen and oxygen atoms in total. The van der Waals surface area contributed by atoms with Crippen molar-refractivity contribution in [1.29, 1.82) is 0 Å². The third-order valence-corrected chi connectivity index (χ3v) is 3.87. The predicted octanol–water partition coefficient (Wildman–Crippen LogP) is 1.81. The fourth-order valence-corrected chi connectivity index (χ4v) is 2.88. The Morgan fingerprint density at radius 1 is 1.38 bits per heavy atom. The number of morpholine rings is 1. The second-order valence-electron chi connectivity index (χ2n) is 6.57. The lowest BCUT2D eigenvalue weighted by molar-refractivity contribution is -0.136. The number of H-pyrrole nitrogens is 1. The second kappa shape index (κ2) is 6.60. The van der Waals surface area contributed by atoms with Crippen LogP contribution >= 0.6 is 0 Å². The van der Waals surface area contributed by atoms with E-state index in [1.165, 1.54) is 0 Å². The number of amides is 1. The highest BCUT2D eigenvalue weighted by molar-refractivity contribution is 5.93. The lowest BCUT2D eigenvalue weighted by atomic mass is 10.0. The van der Waals surface area contributed by atoms with E-state index >= 15 is 0 Å². The maximum atomic E-state index is 12.7. The molecule has 1 unspecified atom stereocenters. The minimum absolute atomic E-state index is 0.137. The number of carbonyl (C=O) groups excluding carboxylic acids is 1. The number of aromatic amines is 1. The Kier molecular flexibility index (Phi) is 4.53. The summed E-state index contributed by atoms with van der Waals surface area (Å²) in [5, 5.41) is 10.4. The van der Waals surface area contributed by atoms with Crippen molar-refractivity contribution in [2.45, 2.75) is 32.5 Å². The van der Waals surface area contributed by atoms with Crippen LogP contribution in [0.4, 0.5) is 0 Å². The first-order valence-corrected chi connectivity index (χ1v) is 7.97. The van der Waals surface area contributed by atoms with Crippen molar-refractivity contribution in [1.82, 2.24) is 20.3 Å². The standard InChI is InChI=1S/C17H22N4O3/c1-12-15(19-20-18-12)16(22)21-9-14(24-17(2,3)11-21)10-23-13-7-5-4-6-8-13/h4-8,14H,9-11H2,1-3H3,(H,18,19,20). The molecule has 0 saturated carbocycles. The zero-order chi connectivity index (χ0) is 17.2. The van der Waals surface area contributed by atoms with Crippen molar-refractivity contribution in [3.8, 4) is 5.75 Å². The molecule has 1 N–H and O–H groups in total. The Hall–Kier alpha value is -2.41. The van der Waals surface area contributed by atoms with Gasteiger partial charge in [0.2, 0.25) is 0 Å². The van der Waals surface area contributed by atoms with Gasteiger partial charge in [-0.25, -0.2) is 0 Å². The Morgan fingerprint density at radius 3 is 2.79 bits per heavy atom. The number of rotatable bonds is 4. The third kappa shape index (κ3) is 3.73. The Labute approximate surface area is 141 Å². The molecule has 0 bridgehead atoms. The Balaban J connectivity index is 1.68. The van der Waals surface area contributed by atoms with Gasteiger partial charge in [0.25, 0.3) is 5.91 Å². The van der Waals surface area contributed by atoms with Gasteiger partial charge in [0, 0.05) is 6.54 Å². The van der Waals surface area contributed by atoms with Crippen LogP contribution in [0.3, 0.4) is 0 Å². The molecule has 2 heterocycles. The number of carbonyl (C=O) groups is 1. The molecule has 24 heavy (non-hydrogen) atoms. The molecule has 1 saturated heterocycles. The summed E-state index contributed by atoms with van der Waals surface area (Å²) in [6, 6.07) is 9.58. The molecular formula is C17H22N4O3. The van der Waals surface area contributed by atoms with Crippen LogP contribution in [0, 0.1) is 6.92 Å². The predicted molar refractivity (Wildman–Crippen MR) is 87.9 cm³/mol. The van der Waals surface area contributed by atoms with E-state index in [9.17, 15) is 4.79 Å². The molecule has 1 aromatic heterocycles. The van der Waals surface area contributed by atoms with E-state index < -0.39 is 5.60 Å². The molecule has 7 heteroatoms. The number of nitrogens with zero attached hydrogens (tertiary/aromatic N) is 3. The number of ether oxygens (including phenoxy) is 2. The van der Waals surface area contributed by atoms with Crippen molar-refractivity contribution in [3.63, 3.8) is 0 Å². The average molecular weight is 330 g/mol. The van der Waals surface area contributed by atoms with Crippen molar-refractivity contribution in [2.24, 2.45) is 0 Å². The van der Waals surface area contributed by atoms with E-state index in [2.05, 4.69) is 15.4 Å². The number of para-hydroxylation sites is 1. The molecule has 1 aromatic carbocycles. The first-order valence-electron chi connectivity index (χ1n) is 7.97. The molecule has 1 amide bonds. The molecule has 1 atom stereocenters. The molecule has 1 fully saturated rings. The molecule has 2 aromatic rings. The summed E-state index contributed by atoms with van der Waals surface area (Å²) in [5.74, 6) is 0.650. The van der Waals surface area contributed by atoms with E-state index in [0.29, 0.717) is 31.1 Å². The first-order chi connectivity index (χ1) is 11.4. The highest BCUT2D eigenvalue weighted by Crippen LogP contribution is 2.23. The van der Waals surface area contributed by atoms with Gasteiger partial charge in [-0.3, -0.25) is 4.79 Å². The number of aryl methyl sites for hydroxylation is 1. The fraction of sp³-hybridized carbons (Fsp3) is 0.471. The molecule has 0 aliphatic carbocycles. The lowest BCUT2D eigenvalue weighted by Crippen LogP contribution is -2.56. The molecule has 0 radical (unpaired) electrons. The number of aromatic nitrogens is 3. The van der Waals surface area contributed by atoms with Crippen LogP contribution in [0.25, 0.3) is 0 Å². The van der Waals surface area contributed by atoms with Crippen molar-refractivity contribution >= 4 is 5.91 Å². The molecular weight excluding hydrogens is 308 g/mol. The van der Waals surface area contributed by atoms with Gasteiger partial charge >= 0.3 is 0 Å². The molecule has 0 spiro atoms. The summed E-state index contributed by atoms with van der Waals surface area (Å²) in [6.45, 7) is 7.05. The van der Waals surface area contributed by atoms with Crippen molar-refractivity contribution in [2.75, 3.05) is 19.7 Å². The quantitative estimate of drug-likeness (QED) is 0.925. The first kappa shape index (κ1) is 16.4. The largest absolute Gasteiger partial charge is 0.491 e. The van der Waals surface area contributed by atoms with E-state index in [4.69, 9.17) is 9.47 Å². The van der Waals surface area contributed by atoms with Gasteiger partial charge in [-0.2, -0.15) is 15.4 Å². The summed E-state index contributed by atoms with van der Waals surface area (Å²) in [5.41, 5.74) is 0.507. The number of nitrogens with one attached hydrogen (secondary N) is 1. The van der Waals surface area contributed by atoms with Gasteiger partial charge in [-0.15, -0.1) is 0 Å². The average Bonchev–Trinajstić information content (AvgIpc) is 2.98. The Morgan fingerprint density at radius 2 is 2.12 bits per heavy atom. The van der Waals surface area contributed by atoms with Crippen LogP contribution < -0.4 is 4.74 Å². The zero-order valence-electron chi connectivity index (χ0n) is 14.2. The van der Waals surface area contributed by atoms with Crippen LogP contribution in [0.2, 0.25) is 0 Å². The number of hydrogen-bond donors (Lipinski definition) is 1. The van der Waals surface area contributed by atoms with E-state index in [1.54, 1.807) is 11.8 Å². The van der Waals surface area contributed by atoms with Crippen LogP contribution in [-0.4, -0.2) is 57.6 Å². The van der Waals surface area contributed by atoms with E-state index in [0.717, 1.165) is 5.75 Å². The van der Waals surface area contributed by atoms with E-state index in [1.807, 2.05) is 44.2 Å². The van der Waals surface area contributed by atoms with E-state index in [-0.39, 0.29) is 12.0 Å². The normalized spacial score (nSPS) is 20.0. The smallest absolute Gasteiger partial charge is 0.276 e. The van der Waals surface area contributed by atoms with Gasteiger partial charge in [-0.05, 0) is 32.9 Å². The minimum atomic E-state index is -0.448. The van der Waals surface area contributed by atoms with Gasteiger partial charge in [0.15, 0.2) is 5.69 Å². The van der Waals surface area contributed by atoms with Crippen LogP contribution in [0.5, 0.6) is 5.75 Å². The summed E-state index contributed by atoms with van der Waals surface area (Å²) < 4.78 is 11.8. The maximum absolute atomic E-state index is 12.7. The SMILES string of the molecule is Cc1n[nH]nc1C(=O)N1CC(COc2ccccc2)OC(C)(C)C1. The monoisotopic (exact) mass is 330 g/mol. The summed E-state index contributed by atoms with van der Waals surface area (Å²) in [7, 11) is 0. The lowest BCUT2D eigenvalue weighted by Gasteiger charge is -2.42. The van der Waals surface area contributed by atoms with Crippen LogP contribution in [-0.2, 0) is 4.74 Å². The number of hydrogen-bond acceptors (Lipinski definition) is 5. The fourth-order valence-electron chi connectivity index (χ4n) is 2.88. The highest BCUT2D eigenvalue weighted by Gasteiger charge is 2.37. The van der Waals surface area contributed by atoms with Crippen molar-refractivity contribution in [3.05, 3.63) is 41.7 Å². The summed E-state index contributed by atoms with van der Waals surface area (Å²) in [6.07, 6.45) is -0.204. The summed E-state index contributed by atoms with van der Waals surface area (Å²) in [4.78, 5) is 14.5. The zero-order valence-corrected chi connectivity index (χ0v) is 14.2. The molecule has 3 rings (SSSR count). The second-order valence-corrected chi connectivity index (χ2v) is 6.57. The number of benzene rings is 1.